The number of aliphatic imine (C=N–C) groups is 2. The molecule has 7 heteroatoms. The Morgan fingerprint density at radius 2 is 1.16 bits per heavy atom. The monoisotopic (exact) mass is 881 g/mol. The molecule has 270 valence electrons. The number of hydrogen-bond acceptors (Lipinski definition) is 5. The van der Waals surface area contributed by atoms with Crippen LogP contribution in [0, 0.1) is 0 Å². The first kappa shape index (κ1) is 40.2. The number of Topliss-reactive ketones (excluding diaryl/α,β-unsaturated/α-hetero) is 1. The normalized spacial score (nSPS) is 18.2. The summed E-state index contributed by atoms with van der Waals surface area (Å²) < 4.78 is 0. The van der Waals surface area contributed by atoms with Gasteiger partial charge in [0.1, 0.15) is 6.04 Å². The minimum absolute atomic E-state index is 0. The first-order valence-electron chi connectivity index (χ1n) is 18.7. The molecule has 5 nitrogen and oxygen atoms in total. The van der Waals surface area contributed by atoms with Crippen molar-refractivity contribution in [3.05, 3.63) is 126 Å². The molecular formula is C44H54N4OPtS+2. The van der Waals surface area contributed by atoms with Gasteiger partial charge in [0.05, 0.1) is 22.8 Å². The van der Waals surface area contributed by atoms with E-state index in [1.54, 1.807) is 11.3 Å². The number of carbonyl (C=O) groups is 1. The smallest absolute Gasteiger partial charge is 0.357 e. The maximum absolute atomic E-state index is 14.0. The molecule has 1 atom stereocenters. The topological polar surface area (TPSA) is 60.8 Å². The van der Waals surface area contributed by atoms with E-state index >= 15 is 0 Å². The SMILES string of the molecule is CCC1=C(CC)C2=C(CC)C3=NC(=C(CC)C4=C(CC)C(=O)C(C=c5ccc([nH]5)=CC1=N2)N4CC)C(CC)=C3CC.[Pt+2].c1ccccsccc1. The molecule has 6 heterocycles. The van der Waals surface area contributed by atoms with Crippen molar-refractivity contribution in [3.63, 3.8) is 0 Å². The van der Waals surface area contributed by atoms with Gasteiger partial charge in [0.15, 0.2) is 5.78 Å². The van der Waals surface area contributed by atoms with Crippen LogP contribution < -0.4 is 10.7 Å². The minimum Gasteiger partial charge on any atom is -0.357 e. The molecule has 0 aliphatic carbocycles. The van der Waals surface area contributed by atoms with Gasteiger partial charge in [-0.1, -0.05) is 84.9 Å². The number of aromatic nitrogens is 1. The molecule has 0 aromatic carbocycles. The van der Waals surface area contributed by atoms with Crippen molar-refractivity contribution >= 4 is 40.7 Å². The molecule has 6 rings (SSSR count). The van der Waals surface area contributed by atoms with Crippen molar-refractivity contribution in [1.29, 1.82) is 0 Å². The zero-order valence-electron chi connectivity index (χ0n) is 31.6. The number of aromatic amines is 1. The predicted molar refractivity (Wildman–Crippen MR) is 214 cm³/mol. The average Bonchev–Trinajstić information content (AvgIpc) is 3.90. The summed E-state index contributed by atoms with van der Waals surface area (Å²) in [6.07, 6.45) is 10.4. The Kier molecular flexibility index (Phi) is 14.8. The quantitative estimate of drug-likeness (QED) is 0.287. The van der Waals surface area contributed by atoms with Crippen LogP contribution in [0.15, 0.2) is 125 Å². The fourth-order valence-electron chi connectivity index (χ4n) is 7.76. The summed E-state index contributed by atoms with van der Waals surface area (Å²) in [6, 6.07) is 15.9. The van der Waals surface area contributed by atoms with E-state index < -0.39 is 0 Å². The summed E-state index contributed by atoms with van der Waals surface area (Å²) in [5.74, 6) is 0.212. The molecule has 4 aliphatic rings. The van der Waals surface area contributed by atoms with Gasteiger partial charge in [-0.05, 0) is 109 Å². The van der Waals surface area contributed by atoms with E-state index in [4.69, 9.17) is 9.98 Å². The van der Waals surface area contributed by atoms with Crippen molar-refractivity contribution in [2.24, 2.45) is 9.98 Å². The summed E-state index contributed by atoms with van der Waals surface area (Å²) in [7, 11) is 0. The number of carbonyl (C=O) groups excluding carboxylic acids is 1. The number of allylic oxidation sites excluding steroid dienone is 6. The first-order valence-corrected chi connectivity index (χ1v) is 19.7. The van der Waals surface area contributed by atoms with Gasteiger partial charge < -0.3 is 9.88 Å². The molecule has 0 spiro atoms. The summed E-state index contributed by atoms with van der Waals surface area (Å²) in [6.45, 7) is 18.5. The number of hydrogen-bond donors (Lipinski definition) is 1. The second kappa shape index (κ2) is 18.8. The standard InChI is InChI=1S/C36H46N4O.C8H8S.Pt/c1-9-23-24(10-2)32-27(13-5)33-25(11-3)26(12-4)34(39-33)28(14-6)35-29(15-7)36(41)31(40(35)16-8)20-22-18-17-21(37-22)19-30(23)38-32;1-2-4-6-8-9-7-5-3-1;/h17-20,31,37H,9-16H2,1-8H3;1-8H;/q;;+2. The van der Waals surface area contributed by atoms with E-state index in [1.165, 1.54) is 33.4 Å². The summed E-state index contributed by atoms with van der Waals surface area (Å²) in [4.78, 5) is 30.7. The molecule has 0 saturated heterocycles. The summed E-state index contributed by atoms with van der Waals surface area (Å²) in [5, 5.41) is 6.06. The Labute approximate surface area is 323 Å². The number of ketones is 1. The molecule has 0 amide bonds. The van der Waals surface area contributed by atoms with Gasteiger partial charge in [0.25, 0.3) is 0 Å². The molecule has 0 radical (unpaired) electrons. The zero-order chi connectivity index (χ0) is 35.8. The van der Waals surface area contributed by atoms with Crippen molar-refractivity contribution in [2.45, 2.75) is 106 Å². The van der Waals surface area contributed by atoms with E-state index in [-0.39, 0.29) is 32.9 Å². The fraction of sp³-hybridized carbons (Fsp3) is 0.386. The van der Waals surface area contributed by atoms with Crippen LogP contribution in [0.2, 0.25) is 0 Å². The largest absolute Gasteiger partial charge is 2.00 e. The van der Waals surface area contributed by atoms with Gasteiger partial charge in [-0.25, -0.2) is 9.98 Å². The maximum atomic E-state index is 14.0. The molecule has 51 heavy (non-hydrogen) atoms. The van der Waals surface area contributed by atoms with Crippen LogP contribution in [0.1, 0.15) is 100 Å². The number of fused-ring (bicyclic) bond motifs is 6. The molecule has 8 bridgehead atoms. The molecule has 0 fully saturated rings. The van der Waals surface area contributed by atoms with E-state index in [2.05, 4.69) is 89.6 Å². The van der Waals surface area contributed by atoms with E-state index in [1.807, 2.05) is 47.2 Å². The van der Waals surface area contributed by atoms with Crippen LogP contribution in [-0.4, -0.2) is 39.7 Å². The van der Waals surface area contributed by atoms with Crippen LogP contribution in [-0.2, 0) is 25.9 Å². The van der Waals surface area contributed by atoms with E-state index in [0.717, 1.165) is 89.9 Å². The number of likely N-dealkylation sites (N-methyl/N-ethyl adjacent to an activating group) is 1. The summed E-state index contributed by atoms with van der Waals surface area (Å²) >= 11 is 1.68. The third kappa shape index (κ3) is 8.08. The number of nitrogens with zero attached hydrogens (tertiary/aromatic N) is 3. The van der Waals surface area contributed by atoms with E-state index in [9.17, 15) is 4.79 Å². The van der Waals surface area contributed by atoms with Gasteiger partial charge >= 0.3 is 21.1 Å². The van der Waals surface area contributed by atoms with Gasteiger partial charge in [-0.3, -0.25) is 4.79 Å². The number of H-pyrrole nitrogens is 1. The van der Waals surface area contributed by atoms with Gasteiger partial charge in [0, 0.05) is 39.7 Å². The van der Waals surface area contributed by atoms with Crippen molar-refractivity contribution < 1.29 is 25.9 Å². The first-order chi connectivity index (χ1) is 24.4. The predicted octanol–water partition coefficient (Wildman–Crippen LogP) is 9.87. The average molecular weight is 882 g/mol. The molecule has 1 N–H and O–H groups in total. The molecule has 2 aromatic rings. The number of rotatable bonds is 8. The van der Waals surface area contributed by atoms with Gasteiger partial charge in [0.2, 0.25) is 0 Å². The van der Waals surface area contributed by atoms with Gasteiger partial charge in [-0.2, -0.15) is 11.3 Å². The Morgan fingerprint density at radius 1 is 0.627 bits per heavy atom. The molecule has 4 aliphatic heterocycles. The third-order valence-electron chi connectivity index (χ3n) is 10.0. The minimum atomic E-state index is -0.324. The van der Waals surface area contributed by atoms with Crippen LogP contribution >= 0.6 is 11.3 Å². The van der Waals surface area contributed by atoms with Crippen molar-refractivity contribution in [1.82, 2.24) is 9.88 Å². The molecule has 0 saturated carbocycles. The van der Waals surface area contributed by atoms with E-state index in [0.29, 0.717) is 6.42 Å². The summed E-state index contributed by atoms with van der Waals surface area (Å²) in [5.41, 5.74) is 14.2. The molecule has 2 aromatic heterocycles. The second-order valence-corrected chi connectivity index (χ2v) is 13.5. The number of nitrogens with one attached hydrogen (secondary N) is 1. The Bertz CT molecular complexity index is 1950. The van der Waals surface area contributed by atoms with Crippen molar-refractivity contribution in [2.75, 3.05) is 6.54 Å². The molecule has 1 unspecified atom stereocenters. The fourth-order valence-corrected chi connectivity index (χ4v) is 8.22. The van der Waals surface area contributed by atoms with Gasteiger partial charge in [-0.15, -0.1) is 0 Å². The molecular weight excluding hydrogens is 828 g/mol. The Morgan fingerprint density at radius 3 is 1.73 bits per heavy atom. The van der Waals surface area contributed by atoms with Crippen LogP contribution in [0.3, 0.4) is 0 Å². The van der Waals surface area contributed by atoms with Crippen molar-refractivity contribution in [3.8, 4) is 0 Å². The Balaban J connectivity index is 0.000000509. The second-order valence-electron chi connectivity index (χ2n) is 12.7. The zero-order valence-corrected chi connectivity index (χ0v) is 34.7. The van der Waals surface area contributed by atoms with Crippen LogP contribution in [0.25, 0.3) is 12.2 Å². The third-order valence-corrected chi connectivity index (χ3v) is 10.6. The van der Waals surface area contributed by atoms with Crippen LogP contribution in [0.5, 0.6) is 0 Å². The Hall–Kier alpha value is -3.60. The maximum Gasteiger partial charge on any atom is 2.00 e. The van der Waals surface area contributed by atoms with Crippen LogP contribution in [0.4, 0.5) is 0 Å².